The van der Waals surface area contributed by atoms with Gasteiger partial charge >= 0.3 is 5.97 Å². The predicted molar refractivity (Wildman–Crippen MR) is 96.7 cm³/mol. The molecule has 2 aromatic rings. The maximum Gasteiger partial charge on any atom is 0.347 e. The molecule has 2 aromatic carbocycles. The van der Waals surface area contributed by atoms with Gasteiger partial charge in [-0.25, -0.2) is 4.79 Å². The summed E-state index contributed by atoms with van der Waals surface area (Å²) in [5, 5.41) is 9.83. The number of para-hydroxylation sites is 2. The fourth-order valence-electron chi connectivity index (χ4n) is 2.87. The van der Waals surface area contributed by atoms with Crippen LogP contribution in [0.1, 0.15) is 62.4 Å². The van der Waals surface area contributed by atoms with E-state index in [1.165, 1.54) is 18.9 Å². The number of hydrogen-bond donors (Lipinski definition) is 1. The van der Waals surface area contributed by atoms with Gasteiger partial charge in [0, 0.05) is 5.56 Å². The summed E-state index contributed by atoms with van der Waals surface area (Å²) in [7, 11) is 0. The largest absolute Gasteiger partial charge is 0.507 e. The van der Waals surface area contributed by atoms with Gasteiger partial charge in [0.05, 0.1) is 0 Å². The Hall–Kier alpha value is -2.29. The number of carbonyl (C=O) groups excluding carboxylic acids is 1. The number of esters is 1. The van der Waals surface area contributed by atoms with E-state index in [-0.39, 0.29) is 16.7 Å². The third-order valence-electron chi connectivity index (χ3n) is 4.35. The van der Waals surface area contributed by atoms with Gasteiger partial charge in [-0.2, -0.15) is 0 Å². The molecule has 0 radical (unpaired) electrons. The quantitative estimate of drug-likeness (QED) is 0.417. The Morgan fingerprint density at radius 1 is 1.04 bits per heavy atom. The zero-order valence-corrected chi connectivity index (χ0v) is 14.7. The minimum Gasteiger partial charge on any atom is -0.507 e. The lowest BCUT2D eigenvalue weighted by Crippen LogP contribution is -2.20. The van der Waals surface area contributed by atoms with Gasteiger partial charge in [0.15, 0.2) is 0 Å². The Balaban J connectivity index is 2.23. The van der Waals surface area contributed by atoms with Crippen molar-refractivity contribution in [3.8, 4) is 11.5 Å². The first-order valence-electron chi connectivity index (χ1n) is 8.55. The van der Waals surface area contributed by atoms with Crippen LogP contribution in [0.3, 0.4) is 0 Å². The van der Waals surface area contributed by atoms with E-state index in [4.69, 9.17) is 4.74 Å². The third-order valence-corrected chi connectivity index (χ3v) is 4.35. The van der Waals surface area contributed by atoms with Crippen molar-refractivity contribution < 1.29 is 14.6 Å². The highest BCUT2D eigenvalue weighted by Gasteiger charge is 2.25. The molecule has 0 spiro atoms. The molecular formula is C21H26O3. The van der Waals surface area contributed by atoms with E-state index in [0.717, 1.165) is 18.4 Å². The van der Waals surface area contributed by atoms with Crippen LogP contribution >= 0.6 is 0 Å². The second kappa shape index (κ2) is 8.00. The van der Waals surface area contributed by atoms with E-state index in [9.17, 15) is 9.90 Å². The average Bonchev–Trinajstić information content (AvgIpc) is 2.55. The van der Waals surface area contributed by atoms with Gasteiger partial charge in [0.1, 0.15) is 17.1 Å². The van der Waals surface area contributed by atoms with E-state index in [1.54, 1.807) is 18.2 Å². The lowest BCUT2D eigenvalue weighted by molar-refractivity contribution is 0.0728. The molecule has 0 aromatic heterocycles. The van der Waals surface area contributed by atoms with Gasteiger partial charge in [0.2, 0.25) is 0 Å². The van der Waals surface area contributed by atoms with E-state index in [2.05, 4.69) is 20.8 Å². The van der Waals surface area contributed by atoms with E-state index in [1.807, 2.05) is 24.3 Å². The molecule has 0 fully saturated rings. The van der Waals surface area contributed by atoms with Gasteiger partial charge < -0.3 is 9.84 Å². The summed E-state index contributed by atoms with van der Waals surface area (Å²) in [4.78, 5) is 12.4. The standard InChI is InChI=1S/C21H26O3/c1-4-5-10-15-21(2,3)17-12-7-9-14-19(17)24-20(23)16-11-6-8-13-18(16)22/h6-9,11-14,22H,4-5,10,15H2,1-3H3. The Bertz CT molecular complexity index is 689. The predicted octanol–water partition coefficient (Wildman–Crippen LogP) is 5.47. The maximum atomic E-state index is 12.4. The summed E-state index contributed by atoms with van der Waals surface area (Å²) >= 11 is 0. The zero-order valence-electron chi connectivity index (χ0n) is 14.7. The molecule has 0 saturated carbocycles. The SMILES string of the molecule is CCCCCC(C)(C)c1ccccc1OC(=O)c1ccccc1O. The molecule has 0 amide bonds. The number of phenolic OH excluding ortho intramolecular Hbond substituents is 1. The van der Waals surface area contributed by atoms with Gasteiger partial charge in [-0.05, 0) is 30.0 Å². The number of benzene rings is 2. The lowest BCUT2D eigenvalue weighted by atomic mass is 9.79. The minimum atomic E-state index is -0.537. The normalized spacial score (nSPS) is 11.3. The van der Waals surface area contributed by atoms with E-state index >= 15 is 0 Å². The Labute approximate surface area is 144 Å². The first-order chi connectivity index (χ1) is 11.5. The number of carbonyl (C=O) groups is 1. The Kier molecular flexibility index (Phi) is 6.02. The summed E-state index contributed by atoms with van der Waals surface area (Å²) in [5.41, 5.74) is 1.12. The van der Waals surface area contributed by atoms with Crippen molar-refractivity contribution in [1.29, 1.82) is 0 Å². The number of aromatic hydroxyl groups is 1. The third kappa shape index (κ3) is 4.38. The molecule has 0 aliphatic rings. The molecule has 2 rings (SSSR count). The summed E-state index contributed by atoms with van der Waals surface area (Å²) in [6, 6.07) is 14.1. The number of phenols is 1. The molecule has 128 valence electrons. The summed E-state index contributed by atoms with van der Waals surface area (Å²) in [5.74, 6) is -0.0423. The number of ether oxygens (including phenoxy) is 1. The topological polar surface area (TPSA) is 46.5 Å². The molecule has 3 nitrogen and oxygen atoms in total. The molecule has 0 aliphatic carbocycles. The fourth-order valence-corrected chi connectivity index (χ4v) is 2.87. The molecule has 0 atom stereocenters. The van der Waals surface area contributed by atoms with Crippen LogP contribution in [0.15, 0.2) is 48.5 Å². The van der Waals surface area contributed by atoms with Crippen LogP contribution in [0.4, 0.5) is 0 Å². The highest BCUT2D eigenvalue weighted by molar-refractivity contribution is 5.93. The molecule has 0 bridgehead atoms. The molecular weight excluding hydrogens is 300 g/mol. The first kappa shape index (κ1) is 18.1. The summed E-state index contributed by atoms with van der Waals surface area (Å²) in [6.07, 6.45) is 4.56. The number of rotatable bonds is 7. The average molecular weight is 326 g/mol. The second-order valence-electron chi connectivity index (χ2n) is 6.74. The van der Waals surface area contributed by atoms with Gasteiger partial charge in [-0.1, -0.05) is 70.4 Å². The smallest absolute Gasteiger partial charge is 0.347 e. The van der Waals surface area contributed by atoms with Gasteiger partial charge in [0.25, 0.3) is 0 Å². The van der Waals surface area contributed by atoms with Crippen molar-refractivity contribution in [1.82, 2.24) is 0 Å². The highest BCUT2D eigenvalue weighted by atomic mass is 16.5. The van der Waals surface area contributed by atoms with E-state index < -0.39 is 5.97 Å². The van der Waals surface area contributed by atoms with Gasteiger partial charge in [-0.15, -0.1) is 0 Å². The Morgan fingerprint density at radius 3 is 2.42 bits per heavy atom. The molecule has 3 heteroatoms. The molecule has 1 N–H and O–H groups in total. The minimum absolute atomic E-state index is 0.0674. The fraction of sp³-hybridized carbons (Fsp3) is 0.381. The van der Waals surface area contributed by atoms with Crippen molar-refractivity contribution in [3.63, 3.8) is 0 Å². The van der Waals surface area contributed by atoms with Crippen molar-refractivity contribution in [3.05, 3.63) is 59.7 Å². The first-order valence-corrected chi connectivity index (χ1v) is 8.55. The van der Waals surface area contributed by atoms with Crippen molar-refractivity contribution in [2.75, 3.05) is 0 Å². The van der Waals surface area contributed by atoms with Crippen LogP contribution in [0.2, 0.25) is 0 Å². The number of hydrogen-bond acceptors (Lipinski definition) is 3. The van der Waals surface area contributed by atoms with Crippen molar-refractivity contribution >= 4 is 5.97 Å². The van der Waals surface area contributed by atoms with Crippen LogP contribution in [0.5, 0.6) is 11.5 Å². The Morgan fingerprint density at radius 2 is 1.71 bits per heavy atom. The van der Waals surface area contributed by atoms with E-state index in [0.29, 0.717) is 5.75 Å². The van der Waals surface area contributed by atoms with Crippen LogP contribution in [0, 0.1) is 0 Å². The molecule has 0 aliphatic heterocycles. The summed E-state index contributed by atoms with van der Waals surface area (Å²) in [6.45, 7) is 6.54. The highest BCUT2D eigenvalue weighted by Crippen LogP contribution is 2.36. The van der Waals surface area contributed by atoms with Gasteiger partial charge in [-0.3, -0.25) is 0 Å². The van der Waals surface area contributed by atoms with Crippen molar-refractivity contribution in [2.24, 2.45) is 0 Å². The summed E-state index contributed by atoms with van der Waals surface area (Å²) < 4.78 is 5.61. The maximum absolute atomic E-state index is 12.4. The molecule has 24 heavy (non-hydrogen) atoms. The van der Waals surface area contributed by atoms with Crippen molar-refractivity contribution in [2.45, 2.75) is 51.9 Å². The van der Waals surface area contributed by atoms with Crippen LogP contribution in [-0.4, -0.2) is 11.1 Å². The lowest BCUT2D eigenvalue weighted by Gasteiger charge is -2.27. The molecule has 0 heterocycles. The molecule has 0 unspecified atom stereocenters. The van der Waals surface area contributed by atoms with Crippen LogP contribution in [0.25, 0.3) is 0 Å². The molecule has 0 saturated heterocycles. The van der Waals surface area contributed by atoms with Crippen LogP contribution in [-0.2, 0) is 5.41 Å². The monoisotopic (exact) mass is 326 g/mol. The van der Waals surface area contributed by atoms with Crippen LogP contribution < -0.4 is 4.74 Å². The second-order valence-corrected chi connectivity index (χ2v) is 6.74. The number of unbranched alkanes of at least 4 members (excludes halogenated alkanes) is 2. The zero-order chi connectivity index (χ0) is 17.6.